The Morgan fingerprint density at radius 1 is 1.17 bits per heavy atom. The summed E-state index contributed by atoms with van der Waals surface area (Å²) in [4.78, 5) is 0. The fourth-order valence-corrected chi connectivity index (χ4v) is 1.61. The first-order valence-corrected chi connectivity index (χ1v) is 6.35. The zero-order valence-corrected chi connectivity index (χ0v) is 12.1. The van der Waals surface area contributed by atoms with Gasteiger partial charge in [0.25, 0.3) is 0 Å². The van der Waals surface area contributed by atoms with Crippen LogP contribution in [0.1, 0.15) is 54.4 Å². The maximum absolute atomic E-state index is 13.9. The van der Waals surface area contributed by atoms with Gasteiger partial charge in [0.2, 0.25) is 0 Å². The van der Waals surface area contributed by atoms with E-state index in [1.165, 1.54) is 19.9 Å². The van der Waals surface area contributed by atoms with E-state index in [2.05, 4.69) is 0 Å². The molecule has 1 saturated heterocycles. The Labute approximate surface area is 109 Å². The highest BCUT2D eigenvalue weighted by Gasteiger charge is 2.52. The molecule has 0 spiro atoms. The summed E-state index contributed by atoms with van der Waals surface area (Å²) >= 11 is 0. The van der Waals surface area contributed by atoms with E-state index in [0.717, 1.165) is 0 Å². The monoisotopic (exact) mass is 260 g/mol. The van der Waals surface area contributed by atoms with Crippen LogP contribution in [0.2, 0.25) is 0 Å². The van der Waals surface area contributed by atoms with E-state index in [-0.39, 0.29) is 6.42 Å². The van der Waals surface area contributed by atoms with E-state index in [1.807, 2.05) is 27.7 Å². The Kier molecular flexibility index (Phi) is 4.28. The van der Waals surface area contributed by atoms with E-state index in [4.69, 9.17) is 9.31 Å². The zero-order chi connectivity index (χ0) is 14.2. The van der Waals surface area contributed by atoms with Gasteiger partial charge in [-0.25, -0.2) is 8.78 Å². The van der Waals surface area contributed by atoms with Gasteiger partial charge >= 0.3 is 7.12 Å². The van der Waals surface area contributed by atoms with Crippen LogP contribution in [0.25, 0.3) is 0 Å². The van der Waals surface area contributed by atoms with Crippen molar-refractivity contribution in [1.82, 2.24) is 0 Å². The molecule has 5 heteroatoms. The second-order valence-electron chi connectivity index (χ2n) is 6.43. The molecule has 0 N–H and O–H groups in total. The highest BCUT2D eigenvalue weighted by Crippen LogP contribution is 2.38. The first-order valence-electron chi connectivity index (χ1n) is 6.35. The number of hydrogen-bond acceptors (Lipinski definition) is 2. The lowest BCUT2D eigenvalue weighted by atomic mass is 9.87. The molecule has 1 heterocycles. The number of halogens is 2. The van der Waals surface area contributed by atoms with E-state index in [1.54, 1.807) is 0 Å². The molecule has 2 nitrogen and oxygen atoms in total. The van der Waals surface area contributed by atoms with E-state index in [9.17, 15) is 8.78 Å². The molecule has 0 aliphatic carbocycles. The van der Waals surface area contributed by atoms with Crippen LogP contribution in [0.5, 0.6) is 0 Å². The predicted molar refractivity (Wildman–Crippen MR) is 69.7 cm³/mol. The van der Waals surface area contributed by atoms with Crippen molar-refractivity contribution in [2.45, 2.75) is 71.3 Å². The summed E-state index contributed by atoms with van der Waals surface area (Å²) in [6.45, 7) is 10.4. The normalized spacial score (nSPS) is 23.6. The van der Waals surface area contributed by atoms with Crippen LogP contribution < -0.4 is 0 Å². The third-order valence-corrected chi connectivity index (χ3v) is 3.56. The molecule has 104 valence electrons. The Bertz CT molecular complexity index is 316. The number of hydrogen-bond donors (Lipinski definition) is 0. The van der Waals surface area contributed by atoms with Gasteiger partial charge < -0.3 is 9.31 Å². The van der Waals surface area contributed by atoms with E-state index >= 15 is 0 Å². The first kappa shape index (κ1) is 15.6. The van der Waals surface area contributed by atoms with Gasteiger partial charge in [0, 0.05) is 0 Å². The second kappa shape index (κ2) is 4.93. The van der Waals surface area contributed by atoms with Crippen molar-refractivity contribution in [2.75, 3.05) is 0 Å². The highest BCUT2D eigenvalue weighted by molar-refractivity contribution is 6.53. The van der Waals surface area contributed by atoms with Gasteiger partial charge in [-0.1, -0.05) is 6.08 Å². The minimum atomic E-state index is -1.29. The topological polar surface area (TPSA) is 18.5 Å². The van der Waals surface area contributed by atoms with Gasteiger partial charge in [0.05, 0.1) is 11.2 Å². The Hall–Kier alpha value is -0.415. The smallest absolute Gasteiger partial charge is 0.398 e. The molecule has 1 fully saturated rings. The van der Waals surface area contributed by atoms with Gasteiger partial charge in [-0.05, 0) is 54.4 Å². The Morgan fingerprint density at radius 3 is 2.00 bits per heavy atom. The minimum Gasteiger partial charge on any atom is -0.398 e. The lowest BCUT2D eigenvalue weighted by Gasteiger charge is -2.32. The fraction of sp³-hybridized carbons (Fsp3) is 0.846. The molecule has 0 unspecified atom stereocenters. The average molecular weight is 260 g/mol. The lowest BCUT2D eigenvalue weighted by molar-refractivity contribution is 0.00578. The second-order valence-corrected chi connectivity index (χ2v) is 6.43. The molecule has 0 amide bonds. The molecule has 0 bridgehead atoms. The molecule has 0 aromatic heterocycles. The maximum atomic E-state index is 13.9. The highest BCUT2D eigenvalue weighted by atomic mass is 19.1. The fourth-order valence-electron chi connectivity index (χ4n) is 1.61. The van der Waals surface area contributed by atoms with Crippen molar-refractivity contribution in [3.05, 3.63) is 11.8 Å². The van der Waals surface area contributed by atoms with Crippen molar-refractivity contribution in [3.63, 3.8) is 0 Å². The standard InChI is InChI=1S/C13H23BF2O2/c1-11(2,16)9-7-8-10(15)14-17-12(3,4)13(5,6)18-14/h8H,7,9H2,1-6H3. The van der Waals surface area contributed by atoms with Crippen molar-refractivity contribution in [2.24, 2.45) is 0 Å². The summed E-state index contributed by atoms with van der Waals surface area (Å²) in [5.41, 5.74) is -2.87. The van der Waals surface area contributed by atoms with E-state index in [0.29, 0.717) is 6.42 Å². The zero-order valence-electron chi connectivity index (χ0n) is 12.1. The number of rotatable bonds is 4. The molecular formula is C13H23BF2O2. The SMILES string of the molecule is CC(C)(F)CCC=C(F)B1OC(C)(C)C(C)(C)O1. The number of allylic oxidation sites excluding steroid dienone is 1. The lowest BCUT2D eigenvalue weighted by Crippen LogP contribution is -2.41. The van der Waals surface area contributed by atoms with Gasteiger partial charge in [0.15, 0.2) is 0 Å². The van der Waals surface area contributed by atoms with Crippen molar-refractivity contribution < 1.29 is 18.1 Å². The average Bonchev–Trinajstić information content (AvgIpc) is 2.33. The molecule has 0 aromatic carbocycles. The molecule has 1 rings (SSSR count). The van der Waals surface area contributed by atoms with Crippen LogP contribution in [-0.4, -0.2) is 24.0 Å². The van der Waals surface area contributed by atoms with Crippen LogP contribution in [0.3, 0.4) is 0 Å². The van der Waals surface area contributed by atoms with Gasteiger partial charge in [-0.3, -0.25) is 0 Å². The Balaban J connectivity index is 2.60. The molecule has 0 atom stereocenters. The summed E-state index contributed by atoms with van der Waals surface area (Å²) in [6, 6.07) is 0. The van der Waals surface area contributed by atoms with Crippen LogP contribution >= 0.6 is 0 Å². The summed E-state index contributed by atoms with van der Waals surface area (Å²) in [6.07, 6.45) is 1.96. The third kappa shape index (κ3) is 3.79. The maximum Gasteiger partial charge on any atom is 0.524 e. The molecule has 0 radical (unpaired) electrons. The summed E-state index contributed by atoms with van der Waals surface area (Å²) in [5, 5.41) is 0. The summed E-state index contributed by atoms with van der Waals surface area (Å²) < 4.78 is 38.2. The quantitative estimate of drug-likeness (QED) is 0.711. The summed E-state index contributed by atoms with van der Waals surface area (Å²) in [7, 11) is -0.974. The Morgan fingerprint density at radius 2 is 1.61 bits per heavy atom. The van der Waals surface area contributed by atoms with Crippen LogP contribution in [-0.2, 0) is 9.31 Å². The molecular weight excluding hydrogens is 237 g/mol. The van der Waals surface area contributed by atoms with Crippen LogP contribution in [0.4, 0.5) is 8.78 Å². The van der Waals surface area contributed by atoms with Crippen molar-refractivity contribution in [1.29, 1.82) is 0 Å². The molecule has 0 saturated carbocycles. The first-order chi connectivity index (χ1) is 7.95. The number of alkyl halides is 1. The van der Waals surface area contributed by atoms with Crippen LogP contribution in [0, 0.1) is 0 Å². The van der Waals surface area contributed by atoms with Gasteiger partial charge in [-0.2, -0.15) is 0 Å². The molecule has 1 aliphatic heterocycles. The molecule has 18 heavy (non-hydrogen) atoms. The predicted octanol–water partition coefficient (Wildman–Crippen LogP) is 4.00. The van der Waals surface area contributed by atoms with E-state index < -0.39 is 29.7 Å². The minimum absolute atomic E-state index is 0.278. The third-order valence-electron chi connectivity index (χ3n) is 3.56. The largest absolute Gasteiger partial charge is 0.524 e. The summed E-state index contributed by atoms with van der Waals surface area (Å²) in [5.74, 6) is 0. The van der Waals surface area contributed by atoms with Crippen molar-refractivity contribution >= 4 is 7.12 Å². The van der Waals surface area contributed by atoms with Crippen molar-refractivity contribution in [3.8, 4) is 0 Å². The molecule has 1 aliphatic rings. The van der Waals surface area contributed by atoms with Gasteiger partial charge in [-0.15, -0.1) is 0 Å². The van der Waals surface area contributed by atoms with Gasteiger partial charge in [0.1, 0.15) is 11.4 Å². The van der Waals surface area contributed by atoms with Crippen LogP contribution in [0.15, 0.2) is 11.8 Å². The molecule has 0 aromatic rings.